The molecule has 0 aliphatic carbocycles. The average molecular weight is 488 g/mol. The van der Waals surface area contributed by atoms with E-state index in [1.807, 2.05) is 0 Å². The lowest BCUT2D eigenvalue weighted by molar-refractivity contribution is -0.125. The minimum atomic E-state index is -3.56. The molecule has 0 bridgehead atoms. The van der Waals surface area contributed by atoms with Crippen molar-refractivity contribution in [2.24, 2.45) is 0 Å². The van der Waals surface area contributed by atoms with Gasteiger partial charge in [0.15, 0.2) is 0 Å². The van der Waals surface area contributed by atoms with E-state index in [9.17, 15) is 22.8 Å². The van der Waals surface area contributed by atoms with E-state index in [1.54, 1.807) is 24.3 Å². The van der Waals surface area contributed by atoms with Crippen molar-refractivity contribution in [3.63, 3.8) is 0 Å². The van der Waals surface area contributed by atoms with Gasteiger partial charge in [-0.05, 0) is 54.8 Å². The van der Waals surface area contributed by atoms with Gasteiger partial charge in [-0.25, -0.2) is 8.42 Å². The van der Waals surface area contributed by atoms with Gasteiger partial charge in [0.1, 0.15) is 0 Å². The van der Waals surface area contributed by atoms with Crippen LogP contribution in [0.15, 0.2) is 53.4 Å². The molecule has 3 amide bonds. The van der Waals surface area contributed by atoms with E-state index in [0.717, 1.165) is 43.0 Å². The molecule has 33 heavy (non-hydrogen) atoms. The Bertz CT molecular complexity index is 1120. The summed E-state index contributed by atoms with van der Waals surface area (Å²) in [6.07, 6.45) is 3.81. The molecular weight excluding hydrogens is 462 g/mol. The van der Waals surface area contributed by atoms with E-state index in [2.05, 4.69) is 5.32 Å². The van der Waals surface area contributed by atoms with Crippen molar-refractivity contribution in [2.75, 3.05) is 24.2 Å². The minimum absolute atomic E-state index is 0.172. The van der Waals surface area contributed by atoms with Gasteiger partial charge in [-0.1, -0.05) is 36.7 Å². The Labute approximate surface area is 197 Å². The zero-order valence-electron chi connectivity index (χ0n) is 18.0. The highest BCUT2D eigenvalue weighted by Gasteiger charge is 2.29. The van der Waals surface area contributed by atoms with Crippen molar-refractivity contribution in [2.45, 2.75) is 37.1 Å². The van der Waals surface area contributed by atoms with Crippen LogP contribution in [-0.4, -0.2) is 53.5 Å². The van der Waals surface area contributed by atoms with E-state index >= 15 is 0 Å². The van der Waals surface area contributed by atoms with Gasteiger partial charge in [0.25, 0.3) is 11.1 Å². The predicted octanol–water partition coefficient (Wildman–Crippen LogP) is 3.70. The molecule has 8 nitrogen and oxygen atoms in total. The molecule has 0 saturated carbocycles. The monoisotopic (exact) mass is 487 g/mol. The normalized spacial score (nSPS) is 17.8. The maximum Gasteiger partial charge on any atom is 0.289 e. The molecule has 0 aromatic heterocycles. The lowest BCUT2D eigenvalue weighted by Gasteiger charge is -2.20. The quantitative estimate of drug-likeness (QED) is 0.666. The summed E-state index contributed by atoms with van der Waals surface area (Å²) in [5, 5.41) is 2.52. The Hall–Kier alpha value is -2.69. The van der Waals surface area contributed by atoms with Crippen molar-refractivity contribution in [3.8, 4) is 0 Å². The fraction of sp³-hybridized carbons (Fsp3) is 0.348. The van der Waals surface area contributed by atoms with Crippen LogP contribution in [0, 0.1) is 0 Å². The van der Waals surface area contributed by atoms with Crippen LogP contribution in [0.1, 0.15) is 41.6 Å². The van der Waals surface area contributed by atoms with Crippen LogP contribution >= 0.6 is 11.8 Å². The molecule has 2 aromatic rings. The first-order valence-electron chi connectivity index (χ1n) is 10.8. The summed E-state index contributed by atoms with van der Waals surface area (Å²) in [6, 6.07) is 12.9. The summed E-state index contributed by atoms with van der Waals surface area (Å²) < 4.78 is 27.3. The number of nitrogens with one attached hydrogen (secondary N) is 1. The Morgan fingerprint density at radius 2 is 1.55 bits per heavy atom. The molecule has 0 spiro atoms. The SMILES string of the molecule is O=C(Nc1ccc(CN2C(=O)CSC2=O)cc1)c1ccc(S(=O)(=O)N2CCCCCC2)cc1. The molecular formula is C23H25N3O5S2. The first-order valence-corrected chi connectivity index (χ1v) is 13.2. The third-order valence-corrected chi connectivity index (χ3v) is 8.48. The van der Waals surface area contributed by atoms with Crippen LogP contribution in [-0.2, 0) is 21.4 Å². The first-order chi connectivity index (χ1) is 15.8. The van der Waals surface area contributed by atoms with E-state index in [-0.39, 0.29) is 34.2 Å². The third-order valence-electron chi connectivity index (χ3n) is 5.71. The molecule has 2 heterocycles. The second-order valence-electron chi connectivity index (χ2n) is 8.03. The van der Waals surface area contributed by atoms with Gasteiger partial charge < -0.3 is 5.32 Å². The molecule has 0 unspecified atom stereocenters. The minimum Gasteiger partial charge on any atom is -0.322 e. The van der Waals surface area contributed by atoms with Gasteiger partial charge in [0.2, 0.25) is 15.9 Å². The summed E-state index contributed by atoms with van der Waals surface area (Å²) in [5.74, 6) is -0.392. The molecule has 4 rings (SSSR count). The highest BCUT2D eigenvalue weighted by Crippen LogP contribution is 2.23. The Morgan fingerprint density at radius 3 is 2.12 bits per heavy atom. The van der Waals surface area contributed by atoms with Crippen molar-refractivity contribution >= 4 is 44.5 Å². The number of hydrogen-bond acceptors (Lipinski definition) is 6. The summed E-state index contributed by atoms with van der Waals surface area (Å²) in [6.45, 7) is 1.25. The van der Waals surface area contributed by atoms with Crippen LogP contribution < -0.4 is 5.32 Å². The standard InChI is InChI=1S/C23H25N3O5S2/c27-21-16-32-23(29)26(21)15-17-5-9-19(10-6-17)24-22(28)18-7-11-20(12-8-18)33(30,31)25-13-3-1-2-4-14-25/h5-12H,1-4,13-16H2,(H,24,28). The van der Waals surface area contributed by atoms with Crippen molar-refractivity contribution in [1.29, 1.82) is 0 Å². The van der Waals surface area contributed by atoms with Crippen molar-refractivity contribution in [1.82, 2.24) is 9.21 Å². The highest BCUT2D eigenvalue weighted by atomic mass is 32.2. The highest BCUT2D eigenvalue weighted by molar-refractivity contribution is 8.14. The second kappa shape index (κ2) is 10.1. The number of anilines is 1. The summed E-state index contributed by atoms with van der Waals surface area (Å²) in [4.78, 5) is 37.5. The van der Waals surface area contributed by atoms with Crippen molar-refractivity contribution in [3.05, 3.63) is 59.7 Å². The predicted molar refractivity (Wildman–Crippen MR) is 126 cm³/mol. The van der Waals surface area contributed by atoms with Crippen LogP contribution in [0.2, 0.25) is 0 Å². The molecule has 2 saturated heterocycles. The molecule has 10 heteroatoms. The molecule has 0 radical (unpaired) electrons. The number of rotatable bonds is 6. The zero-order chi connectivity index (χ0) is 23.4. The van der Waals surface area contributed by atoms with Gasteiger partial charge >= 0.3 is 0 Å². The Kier molecular flexibility index (Phi) is 7.16. The molecule has 2 fully saturated rings. The number of carbonyl (C=O) groups is 3. The third kappa shape index (κ3) is 5.45. The second-order valence-corrected chi connectivity index (χ2v) is 10.9. The summed E-state index contributed by atoms with van der Waals surface area (Å²) in [5.41, 5.74) is 1.68. The maximum absolute atomic E-state index is 12.9. The van der Waals surface area contributed by atoms with Gasteiger partial charge in [-0.15, -0.1) is 0 Å². The molecule has 2 aliphatic rings. The fourth-order valence-corrected chi connectivity index (χ4v) is 6.06. The summed E-state index contributed by atoms with van der Waals surface area (Å²) in [7, 11) is -3.56. The van der Waals surface area contributed by atoms with E-state index in [1.165, 1.54) is 33.5 Å². The number of sulfonamides is 1. The van der Waals surface area contributed by atoms with Crippen molar-refractivity contribution < 1.29 is 22.8 Å². The van der Waals surface area contributed by atoms with E-state index < -0.39 is 10.0 Å². The zero-order valence-corrected chi connectivity index (χ0v) is 19.7. The molecule has 0 atom stereocenters. The molecule has 2 aliphatic heterocycles. The number of thioether (sulfide) groups is 1. The molecule has 174 valence electrons. The summed E-state index contributed by atoms with van der Waals surface area (Å²) >= 11 is 0.993. The fourth-order valence-electron chi connectivity index (χ4n) is 3.82. The lowest BCUT2D eigenvalue weighted by atomic mass is 10.1. The lowest BCUT2D eigenvalue weighted by Crippen LogP contribution is -2.31. The number of imide groups is 1. The van der Waals surface area contributed by atoms with E-state index in [0.29, 0.717) is 24.3 Å². The van der Waals surface area contributed by atoms with Gasteiger partial charge in [-0.3, -0.25) is 19.3 Å². The number of benzene rings is 2. The smallest absolute Gasteiger partial charge is 0.289 e. The Balaban J connectivity index is 1.38. The number of hydrogen-bond donors (Lipinski definition) is 1. The average Bonchev–Trinajstić information content (AvgIpc) is 3.01. The maximum atomic E-state index is 12.9. The number of carbonyl (C=O) groups excluding carboxylic acids is 3. The first kappa shape index (κ1) is 23.5. The molecule has 2 aromatic carbocycles. The number of nitrogens with zero attached hydrogens (tertiary/aromatic N) is 2. The Morgan fingerprint density at radius 1 is 0.909 bits per heavy atom. The number of amides is 3. The van der Waals surface area contributed by atoms with Gasteiger partial charge in [-0.2, -0.15) is 4.31 Å². The van der Waals surface area contributed by atoms with Gasteiger partial charge in [0.05, 0.1) is 17.2 Å². The van der Waals surface area contributed by atoms with Crippen LogP contribution in [0.3, 0.4) is 0 Å². The van der Waals surface area contributed by atoms with Gasteiger partial charge in [0, 0.05) is 24.3 Å². The largest absolute Gasteiger partial charge is 0.322 e. The van der Waals surface area contributed by atoms with Crippen LogP contribution in [0.5, 0.6) is 0 Å². The molecule has 1 N–H and O–H groups in total. The topological polar surface area (TPSA) is 104 Å². The van der Waals surface area contributed by atoms with Crippen LogP contribution in [0.25, 0.3) is 0 Å². The van der Waals surface area contributed by atoms with E-state index in [4.69, 9.17) is 0 Å². The van der Waals surface area contributed by atoms with Crippen LogP contribution in [0.4, 0.5) is 10.5 Å².